The quantitative estimate of drug-likeness (QED) is 0.686. The molecular formula is C23H24N2O3. The van der Waals surface area contributed by atoms with E-state index in [1.165, 1.54) is 0 Å². The van der Waals surface area contributed by atoms with Crippen molar-refractivity contribution >= 4 is 5.97 Å². The van der Waals surface area contributed by atoms with Crippen LogP contribution in [0.1, 0.15) is 54.2 Å². The monoisotopic (exact) mass is 376 g/mol. The zero-order valence-corrected chi connectivity index (χ0v) is 15.7. The van der Waals surface area contributed by atoms with Gasteiger partial charge in [-0.15, -0.1) is 0 Å². The Kier molecular flexibility index (Phi) is 5.01. The van der Waals surface area contributed by atoms with Crippen molar-refractivity contribution in [2.45, 2.75) is 43.7 Å². The van der Waals surface area contributed by atoms with Crippen LogP contribution in [0.4, 0.5) is 0 Å². The van der Waals surface area contributed by atoms with E-state index in [2.05, 4.69) is 4.98 Å². The van der Waals surface area contributed by atoms with Crippen LogP contribution in [0.5, 0.6) is 0 Å². The second kappa shape index (κ2) is 7.60. The molecule has 5 nitrogen and oxygen atoms in total. The highest BCUT2D eigenvalue weighted by Gasteiger charge is 2.41. The highest BCUT2D eigenvalue weighted by molar-refractivity contribution is 5.93. The van der Waals surface area contributed by atoms with Crippen LogP contribution in [0.15, 0.2) is 67.0 Å². The molecule has 2 N–H and O–H groups in total. The number of carbonyl (C=O) groups is 1. The van der Waals surface area contributed by atoms with Gasteiger partial charge in [-0.2, -0.15) is 0 Å². The molecule has 5 heteroatoms. The first-order valence-corrected chi connectivity index (χ1v) is 9.73. The van der Waals surface area contributed by atoms with Crippen molar-refractivity contribution in [2.24, 2.45) is 0 Å². The molecule has 4 rings (SSSR count). The lowest BCUT2D eigenvalue weighted by Gasteiger charge is -2.40. The zero-order chi connectivity index (χ0) is 19.6. The summed E-state index contributed by atoms with van der Waals surface area (Å²) in [6, 6.07) is 18.9. The Morgan fingerprint density at radius 2 is 1.57 bits per heavy atom. The predicted octanol–water partition coefficient (Wildman–Crippen LogP) is 4.53. The third kappa shape index (κ3) is 3.34. The second-order valence-electron chi connectivity index (χ2n) is 7.50. The first-order chi connectivity index (χ1) is 13.6. The molecule has 0 unspecified atom stereocenters. The van der Waals surface area contributed by atoms with E-state index in [1.54, 1.807) is 6.33 Å². The minimum atomic E-state index is -1.07. The van der Waals surface area contributed by atoms with E-state index in [0.29, 0.717) is 18.5 Å². The molecule has 144 valence electrons. The van der Waals surface area contributed by atoms with Crippen LogP contribution in [0.25, 0.3) is 11.3 Å². The van der Waals surface area contributed by atoms with Crippen LogP contribution in [0.2, 0.25) is 0 Å². The van der Waals surface area contributed by atoms with Gasteiger partial charge in [0.05, 0.1) is 23.7 Å². The van der Waals surface area contributed by atoms with E-state index in [0.717, 1.165) is 30.4 Å². The van der Waals surface area contributed by atoms with Crippen LogP contribution in [-0.2, 0) is 0 Å². The average Bonchev–Trinajstić information content (AvgIpc) is 3.15. The molecule has 1 fully saturated rings. The van der Waals surface area contributed by atoms with E-state index in [9.17, 15) is 15.0 Å². The van der Waals surface area contributed by atoms with Gasteiger partial charge in [0, 0.05) is 5.56 Å². The van der Waals surface area contributed by atoms with E-state index >= 15 is 0 Å². The summed E-state index contributed by atoms with van der Waals surface area (Å²) in [6.07, 6.45) is 5.96. The highest BCUT2D eigenvalue weighted by Crippen LogP contribution is 2.43. The number of aliphatic hydroxyl groups is 1. The molecule has 28 heavy (non-hydrogen) atoms. The van der Waals surface area contributed by atoms with E-state index in [1.807, 2.05) is 65.2 Å². The van der Waals surface area contributed by atoms with Gasteiger partial charge in [-0.25, -0.2) is 9.78 Å². The number of nitrogens with zero attached hydrogens (tertiary/aromatic N) is 2. The molecule has 1 aromatic heterocycles. The summed E-state index contributed by atoms with van der Waals surface area (Å²) < 4.78 is 1.86. The zero-order valence-electron chi connectivity index (χ0n) is 15.7. The lowest BCUT2D eigenvalue weighted by atomic mass is 9.76. The third-order valence-electron chi connectivity index (χ3n) is 5.67. The van der Waals surface area contributed by atoms with E-state index in [4.69, 9.17) is 0 Å². The van der Waals surface area contributed by atoms with Gasteiger partial charge in [0.15, 0.2) is 5.69 Å². The highest BCUT2D eigenvalue weighted by atomic mass is 16.4. The van der Waals surface area contributed by atoms with Crippen molar-refractivity contribution in [1.29, 1.82) is 0 Å². The molecule has 0 spiro atoms. The average molecular weight is 376 g/mol. The summed E-state index contributed by atoms with van der Waals surface area (Å²) in [5.74, 6) is -1.07. The summed E-state index contributed by atoms with van der Waals surface area (Å²) in [7, 11) is 0. The van der Waals surface area contributed by atoms with E-state index in [-0.39, 0.29) is 5.69 Å². The van der Waals surface area contributed by atoms with Gasteiger partial charge in [0.2, 0.25) is 0 Å². The van der Waals surface area contributed by atoms with Crippen molar-refractivity contribution in [3.8, 4) is 11.3 Å². The normalized spacial score (nSPS) is 17.2. The molecule has 3 aromatic rings. The third-order valence-corrected chi connectivity index (χ3v) is 5.67. The molecule has 0 aliphatic heterocycles. The van der Waals surface area contributed by atoms with Gasteiger partial charge in [0.1, 0.15) is 0 Å². The molecule has 1 heterocycles. The van der Waals surface area contributed by atoms with Crippen LogP contribution < -0.4 is 0 Å². The van der Waals surface area contributed by atoms with Crippen molar-refractivity contribution < 1.29 is 15.0 Å². The molecule has 0 bridgehead atoms. The van der Waals surface area contributed by atoms with Crippen LogP contribution in [0.3, 0.4) is 0 Å². The van der Waals surface area contributed by atoms with Gasteiger partial charge < -0.3 is 14.8 Å². The molecule has 0 radical (unpaired) electrons. The first kappa shape index (κ1) is 18.4. The Labute approximate surface area is 164 Å². The molecular weight excluding hydrogens is 352 g/mol. The number of aromatic carboxylic acids is 1. The molecule has 0 saturated heterocycles. The summed E-state index contributed by atoms with van der Waals surface area (Å²) in [4.78, 5) is 16.1. The maximum atomic E-state index is 11.9. The predicted molar refractivity (Wildman–Crippen MR) is 107 cm³/mol. The number of benzene rings is 2. The minimum absolute atomic E-state index is 0.00606. The number of hydrogen-bond acceptors (Lipinski definition) is 3. The lowest BCUT2D eigenvalue weighted by Crippen LogP contribution is -2.42. The molecule has 1 atom stereocenters. The maximum absolute atomic E-state index is 11.9. The van der Waals surface area contributed by atoms with Gasteiger partial charge in [-0.05, 0) is 18.4 Å². The summed E-state index contributed by atoms with van der Waals surface area (Å²) >= 11 is 0. The SMILES string of the molecule is O=C(O)c1ncn([C@H](c2ccccc2)C2(O)CCCCC2)c1-c1ccccc1. The number of carboxylic acids is 1. The minimum Gasteiger partial charge on any atom is -0.476 e. The Bertz CT molecular complexity index is 944. The van der Waals surface area contributed by atoms with Gasteiger partial charge in [-0.3, -0.25) is 0 Å². The first-order valence-electron chi connectivity index (χ1n) is 9.73. The standard InChI is InChI=1S/C23H24N2O3/c26-22(27)19-20(17-10-4-1-5-11-17)25(16-24-19)21(18-12-6-2-7-13-18)23(28)14-8-3-9-15-23/h1-2,4-7,10-13,16,21,28H,3,8-9,14-15H2,(H,26,27)/t21-/m1/s1. The number of aromatic nitrogens is 2. The van der Waals surface area contributed by atoms with Crippen molar-refractivity contribution in [3.05, 3.63) is 78.2 Å². The van der Waals surface area contributed by atoms with Crippen LogP contribution in [0, 0.1) is 0 Å². The number of hydrogen-bond donors (Lipinski definition) is 2. The van der Waals surface area contributed by atoms with Crippen molar-refractivity contribution in [2.75, 3.05) is 0 Å². The summed E-state index contributed by atoms with van der Waals surface area (Å²) in [5.41, 5.74) is 1.32. The smallest absolute Gasteiger partial charge is 0.356 e. The Hall–Kier alpha value is -2.92. The molecule has 1 aliphatic rings. The largest absolute Gasteiger partial charge is 0.476 e. The van der Waals surface area contributed by atoms with Crippen LogP contribution >= 0.6 is 0 Å². The fourth-order valence-electron chi connectivity index (χ4n) is 4.40. The number of imidazole rings is 1. The van der Waals surface area contributed by atoms with Gasteiger partial charge >= 0.3 is 5.97 Å². The second-order valence-corrected chi connectivity index (χ2v) is 7.50. The van der Waals surface area contributed by atoms with Gasteiger partial charge in [-0.1, -0.05) is 79.9 Å². The topological polar surface area (TPSA) is 75.3 Å². The summed E-state index contributed by atoms with van der Waals surface area (Å²) in [5, 5.41) is 21.4. The number of rotatable bonds is 5. The fraction of sp³-hybridized carbons (Fsp3) is 0.304. The van der Waals surface area contributed by atoms with Crippen LogP contribution in [-0.4, -0.2) is 31.3 Å². The molecule has 0 amide bonds. The van der Waals surface area contributed by atoms with Crippen molar-refractivity contribution in [3.63, 3.8) is 0 Å². The Balaban J connectivity index is 1.94. The maximum Gasteiger partial charge on any atom is 0.356 e. The molecule has 1 aliphatic carbocycles. The molecule has 2 aromatic carbocycles. The van der Waals surface area contributed by atoms with E-state index < -0.39 is 17.6 Å². The fourth-order valence-corrected chi connectivity index (χ4v) is 4.40. The number of carboxylic acid groups (broad SMARTS) is 1. The summed E-state index contributed by atoms with van der Waals surface area (Å²) in [6.45, 7) is 0. The lowest BCUT2D eigenvalue weighted by molar-refractivity contribution is -0.0299. The van der Waals surface area contributed by atoms with Crippen molar-refractivity contribution in [1.82, 2.24) is 9.55 Å². The van der Waals surface area contributed by atoms with Gasteiger partial charge in [0.25, 0.3) is 0 Å². The Morgan fingerprint density at radius 1 is 0.964 bits per heavy atom. The molecule has 1 saturated carbocycles. The Morgan fingerprint density at radius 3 is 2.18 bits per heavy atom.